The third-order valence-corrected chi connectivity index (χ3v) is 4.57. The minimum atomic E-state index is 0.293. The standard InChI is InChI=1S/C17H22N4O3/c1-3-14(10-21-12-18-11-19-21)20(6-1)7-2-8-22-15-4-5-16-17(9-15)24-13-23-16/h4-5,9,11-12,14H,1-3,6-8,10,13H2. The topological polar surface area (TPSA) is 61.6 Å². The molecule has 128 valence electrons. The quantitative estimate of drug-likeness (QED) is 0.723. The van der Waals surface area contributed by atoms with Gasteiger partial charge < -0.3 is 14.2 Å². The van der Waals surface area contributed by atoms with Gasteiger partial charge in [-0.3, -0.25) is 9.58 Å². The van der Waals surface area contributed by atoms with Crippen LogP contribution in [0.5, 0.6) is 17.2 Å². The van der Waals surface area contributed by atoms with Crippen LogP contribution in [0.25, 0.3) is 0 Å². The molecule has 7 heteroatoms. The summed E-state index contributed by atoms with van der Waals surface area (Å²) in [5.41, 5.74) is 0. The van der Waals surface area contributed by atoms with Crippen LogP contribution >= 0.6 is 0 Å². The first-order chi connectivity index (χ1) is 11.9. The monoisotopic (exact) mass is 330 g/mol. The molecular weight excluding hydrogens is 308 g/mol. The molecule has 4 rings (SSSR count). The normalized spacial score (nSPS) is 19.8. The molecule has 0 saturated carbocycles. The van der Waals surface area contributed by atoms with Crippen molar-refractivity contribution in [3.05, 3.63) is 30.9 Å². The van der Waals surface area contributed by atoms with Gasteiger partial charge in [-0.2, -0.15) is 5.10 Å². The summed E-state index contributed by atoms with van der Waals surface area (Å²) in [4.78, 5) is 6.55. The molecule has 0 bridgehead atoms. The lowest BCUT2D eigenvalue weighted by molar-refractivity contribution is 0.173. The van der Waals surface area contributed by atoms with Crippen molar-refractivity contribution in [3.63, 3.8) is 0 Å². The van der Waals surface area contributed by atoms with Gasteiger partial charge in [0.2, 0.25) is 6.79 Å². The Kier molecular flexibility index (Phi) is 4.51. The maximum absolute atomic E-state index is 5.84. The van der Waals surface area contributed by atoms with E-state index >= 15 is 0 Å². The Morgan fingerprint density at radius 2 is 2.21 bits per heavy atom. The smallest absolute Gasteiger partial charge is 0.231 e. The number of hydrogen-bond donors (Lipinski definition) is 0. The van der Waals surface area contributed by atoms with Crippen LogP contribution in [-0.4, -0.2) is 52.2 Å². The SMILES string of the molecule is c1ncn(CC2CCCN2CCCOc2ccc3c(c2)OCO3)n1. The van der Waals surface area contributed by atoms with E-state index in [1.165, 1.54) is 12.8 Å². The molecule has 0 radical (unpaired) electrons. The number of ether oxygens (including phenoxy) is 3. The Labute approximate surface area is 141 Å². The molecular formula is C17H22N4O3. The van der Waals surface area contributed by atoms with Gasteiger partial charge in [0.25, 0.3) is 0 Å². The second kappa shape index (κ2) is 7.09. The first-order valence-corrected chi connectivity index (χ1v) is 8.47. The van der Waals surface area contributed by atoms with Crippen molar-refractivity contribution in [3.8, 4) is 17.2 Å². The van der Waals surface area contributed by atoms with E-state index in [2.05, 4.69) is 15.0 Å². The molecule has 1 fully saturated rings. The van der Waals surface area contributed by atoms with Crippen LogP contribution in [0, 0.1) is 0 Å². The Morgan fingerprint density at radius 1 is 1.25 bits per heavy atom. The third-order valence-electron chi connectivity index (χ3n) is 4.57. The van der Waals surface area contributed by atoms with E-state index in [1.54, 1.807) is 12.7 Å². The van der Waals surface area contributed by atoms with Crippen LogP contribution in [0.3, 0.4) is 0 Å². The first kappa shape index (κ1) is 15.3. The highest BCUT2D eigenvalue weighted by molar-refractivity contribution is 5.46. The fraction of sp³-hybridized carbons (Fsp3) is 0.529. The number of rotatable bonds is 7. The van der Waals surface area contributed by atoms with Crippen LogP contribution in [0.15, 0.2) is 30.9 Å². The van der Waals surface area contributed by atoms with Gasteiger partial charge in [0.05, 0.1) is 13.2 Å². The summed E-state index contributed by atoms with van der Waals surface area (Å²) in [6, 6.07) is 6.27. The molecule has 2 aromatic rings. The summed E-state index contributed by atoms with van der Waals surface area (Å²) in [5.74, 6) is 2.38. The molecule has 1 saturated heterocycles. The minimum Gasteiger partial charge on any atom is -0.493 e. The van der Waals surface area contributed by atoms with Crippen LogP contribution in [0.1, 0.15) is 19.3 Å². The molecule has 0 aliphatic carbocycles. The maximum Gasteiger partial charge on any atom is 0.231 e. The van der Waals surface area contributed by atoms with Crippen LogP contribution < -0.4 is 14.2 Å². The van der Waals surface area contributed by atoms with Gasteiger partial charge in [-0.25, -0.2) is 4.98 Å². The Bertz CT molecular complexity index is 662. The third kappa shape index (κ3) is 3.46. The lowest BCUT2D eigenvalue weighted by atomic mass is 10.2. The Morgan fingerprint density at radius 3 is 3.12 bits per heavy atom. The zero-order chi connectivity index (χ0) is 16.2. The molecule has 0 N–H and O–H groups in total. The molecule has 0 spiro atoms. The van der Waals surface area contributed by atoms with E-state index in [9.17, 15) is 0 Å². The minimum absolute atomic E-state index is 0.293. The second-order valence-corrected chi connectivity index (χ2v) is 6.17. The number of hydrogen-bond acceptors (Lipinski definition) is 6. The second-order valence-electron chi connectivity index (χ2n) is 6.17. The lowest BCUT2D eigenvalue weighted by Gasteiger charge is -2.24. The molecule has 1 unspecified atom stereocenters. The predicted octanol–water partition coefficient (Wildman–Crippen LogP) is 1.94. The van der Waals surface area contributed by atoms with E-state index in [4.69, 9.17) is 14.2 Å². The number of aromatic nitrogens is 3. The van der Waals surface area contributed by atoms with Crippen LogP contribution in [-0.2, 0) is 6.54 Å². The fourth-order valence-electron chi connectivity index (χ4n) is 3.36. The van der Waals surface area contributed by atoms with Crippen molar-refractivity contribution in [1.82, 2.24) is 19.7 Å². The number of nitrogens with zero attached hydrogens (tertiary/aromatic N) is 4. The fourth-order valence-corrected chi connectivity index (χ4v) is 3.36. The van der Waals surface area contributed by atoms with Crippen molar-refractivity contribution in [2.45, 2.75) is 31.8 Å². The average molecular weight is 330 g/mol. The van der Waals surface area contributed by atoms with Crippen molar-refractivity contribution in [2.75, 3.05) is 26.5 Å². The zero-order valence-corrected chi connectivity index (χ0v) is 13.6. The molecule has 1 atom stereocenters. The average Bonchev–Trinajstić information content (AvgIpc) is 3.34. The van der Waals surface area contributed by atoms with E-state index < -0.39 is 0 Å². The summed E-state index contributed by atoms with van der Waals surface area (Å²) in [6.07, 6.45) is 6.87. The molecule has 0 amide bonds. The van der Waals surface area contributed by atoms with Gasteiger partial charge in [-0.05, 0) is 37.9 Å². The first-order valence-electron chi connectivity index (χ1n) is 8.47. The van der Waals surface area contributed by atoms with Crippen molar-refractivity contribution < 1.29 is 14.2 Å². The predicted molar refractivity (Wildman–Crippen MR) is 87.3 cm³/mol. The van der Waals surface area contributed by atoms with E-state index in [1.807, 2.05) is 22.9 Å². The molecule has 24 heavy (non-hydrogen) atoms. The highest BCUT2D eigenvalue weighted by Crippen LogP contribution is 2.35. The van der Waals surface area contributed by atoms with Gasteiger partial charge >= 0.3 is 0 Å². The van der Waals surface area contributed by atoms with Crippen molar-refractivity contribution in [2.24, 2.45) is 0 Å². The number of benzene rings is 1. The summed E-state index contributed by atoms with van der Waals surface area (Å²) in [5, 5.41) is 4.21. The Hall–Kier alpha value is -2.28. The van der Waals surface area contributed by atoms with Crippen LogP contribution in [0.2, 0.25) is 0 Å². The molecule has 2 aliphatic heterocycles. The van der Waals surface area contributed by atoms with E-state index in [0.717, 1.165) is 43.3 Å². The molecule has 1 aromatic carbocycles. The number of fused-ring (bicyclic) bond motifs is 1. The largest absolute Gasteiger partial charge is 0.493 e. The molecule has 7 nitrogen and oxygen atoms in total. The van der Waals surface area contributed by atoms with Crippen molar-refractivity contribution >= 4 is 0 Å². The highest BCUT2D eigenvalue weighted by Gasteiger charge is 2.24. The molecule has 3 heterocycles. The summed E-state index contributed by atoms with van der Waals surface area (Å²) in [7, 11) is 0. The van der Waals surface area contributed by atoms with Gasteiger partial charge in [0.15, 0.2) is 11.5 Å². The van der Waals surface area contributed by atoms with Gasteiger partial charge in [-0.15, -0.1) is 0 Å². The highest BCUT2D eigenvalue weighted by atomic mass is 16.7. The summed E-state index contributed by atoms with van der Waals surface area (Å²) < 4.78 is 18.4. The molecule has 2 aliphatic rings. The van der Waals surface area contributed by atoms with Crippen molar-refractivity contribution in [1.29, 1.82) is 0 Å². The van der Waals surface area contributed by atoms with Crippen LogP contribution in [0.4, 0.5) is 0 Å². The zero-order valence-electron chi connectivity index (χ0n) is 13.6. The summed E-state index contributed by atoms with van der Waals surface area (Å²) >= 11 is 0. The van der Waals surface area contributed by atoms with Gasteiger partial charge in [0, 0.05) is 18.7 Å². The van der Waals surface area contributed by atoms with Gasteiger partial charge in [-0.1, -0.05) is 0 Å². The maximum atomic E-state index is 5.84. The number of likely N-dealkylation sites (tertiary alicyclic amines) is 1. The lowest BCUT2D eigenvalue weighted by Crippen LogP contribution is -2.34. The molecule has 1 aromatic heterocycles. The van der Waals surface area contributed by atoms with E-state index in [0.29, 0.717) is 19.4 Å². The Balaban J connectivity index is 1.22. The van der Waals surface area contributed by atoms with Gasteiger partial charge in [0.1, 0.15) is 18.4 Å². The summed E-state index contributed by atoms with van der Waals surface area (Å²) in [6.45, 7) is 4.11. The van der Waals surface area contributed by atoms with E-state index in [-0.39, 0.29) is 0 Å².